The lowest BCUT2D eigenvalue weighted by molar-refractivity contribution is 0.0267. The second-order valence-corrected chi connectivity index (χ2v) is 8.95. The van der Waals surface area contributed by atoms with Gasteiger partial charge in [-0.3, -0.25) is 4.79 Å². The van der Waals surface area contributed by atoms with Gasteiger partial charge < -0.3 is 4.74 Å². The minimum Gasteiger partial charge on any atom is -0.459 e. The van der Waals surface area contributed by atoms with Crippen LogP contribution in [-0.4, -0.2) is 26.3 Å². The molecule has 0 amide bonds. The summed E-state index contributed by atoms with van der Waals surface area (Å²) in [6.07, 6.45) is 5.89. The van der Waals surface area contributed by atoms with Gasteiger partial charge in [-0.15, -0.1) is 0 Å². The van der Waals surface area contributed by atoms with Crippen LogP contribution in [0, 0.1) is 0 Å². The van der Waals surface area contributed by atoms with Gasteiger partial charge in [0.25, 0.3) is 0 Å². The Labute approximate surface area is 158 Å². The predicted octanol–water partition coefficient (Wildman–Crippen LogP) is 3.94. The van der Waals surface area contributed by atoms with Crippen LogP contribution in [0.2, 0.25) is 0 Å². The Morgan fingerprint density at radius 3 is 2.30 bits per heavy atom. The number of benzene rings is 2. The topological polar surface area (TPSA) is 77.5 Å². The molecule has 0 saturated heterocycles. The second-order valence-electron chi connectivity index (χ2n) is 7.06. The minimum atomic E-state index is -3.86. The highest BCUT2D eigenvalue weighted by Crippen LogP contribution is 2.35. The Morgan fingerprint density at radius 1 is 0.889 bits per heavy atom. The van der Waals surface area contributed by atoms with E-state index in [4.69, 9.17) is 4.74 Å². The molecule has 140 valence electrons. The molecule has 1 heterocycles. The van der Waals surface area contributed by atoms with E-state index in [1.165, 1.54) is 30.3 Å². The van der Waals surface area contributed by atoms with Gasteiger partial charge in [0, 0.05) is 11.1 Å². The third-order valence-electron chi connectivity index (χ3n) is 5.25. The van der Waals surface area contributed by atoms with E-state index in [0.29, 0.717) is 0 Å². The summed E-state index contributed by atoms with van der Waals surface area (Å²) in [7, 11) is -3.86. The van der Waals surface area contributed by atoms with Crippen molar-refractivity contribution in [2.75, 3.05) is 0 Å². The number of ketones is 1. The molecule has 0 bridgehead atoms. The van der Waals surface area contributed by atoms with Gasteiger partial charge in [-0.25, -0.2) is 13.2 Å². The van der Waals surface area contributed by atoms with Crippen molar-refractivity contribution < 1.29 is 22.7 Å². The molecule has 1 saturated carbocycles. The summed E-state index contributed by atoms with van der Waals surface area (Å²) in [4.78, 5) is 25.1. The number of sulfone groups is 1. The molecule has 2 aliphatic rings. The van der Waals surface area contributed by atoms with E-state index in [1.807, 2.05) is 0 Å². The fraction of sp³-hybridized carbons (Fsp3) is 0.333. The van der Waals surface area contributed by atoms with Crippen LogP contribution in [0.5, 0.6) is 0 Å². The maximum Gasteiger partial charge on any atom is 0.338 e. The summed E-state index contributed by atoms with van der Waals surface area (Å²) in [5, 5.41) is 0. The van der Waals surface area contributed by atoms with Crippen molar-refractivity contribution in [3.05, 3.63) is 59.2 Å². The van der Waals surface area contributed by atoms with Crippen LogP contribution < -0.4 is 0 Å². The summed E-state index contributed by atoms with van der Waals surface area (Å²) >= 11 is 0. The third kappa shape index (κ3) is 3.18. The SMILES string of the molecule is O=C(OC1CCCCCC1)c1ccc2c(c1)S(=O)(=O)c1ccccc1C2=O. The lowest BCUT2D eigenvalue weighted by atomic mass is 10.0. The van der Waals surface area contributed by atoms with Crippen molar-refractivity contribution in [2.24, 2.45) is 0 Å². The molecule has 6 heteroatoms. The monoisotopic (exact) mass is 384 g/mol. The first-order valence-corrected chi connectivity index (χ1v) is 10.7. The number of ether oxygens (including phenoxy) is 1. The number of hydrogen-bond acceptors (Lipinski definition) is 5. The Morgan fingerprint density at radius 2 is 1.56 bits per heavy atom. The molecular formula is C21H20O5S. The molecule has 0 aromatic heterocycles. The van der Waals surface area contributed by atoms with Gasteiger partial charge in [0.15, 0.2) is 5.78 Å². The molecule has 1 aliphatic heterocycles. The molecule has 5 nitrogen and oxygen atoms in total. The van der Waals surface area contributed by atoms with Crippen molar-refractivity contribution in [1.29, 1.82) is 0 Å². The minimum absolute atomic E-state index is 0.0169. The number of hydrogen-bond donors (Lipinski definition) is 0. The van der Waals surface area contributed by atoms with Crippen molar-refractivity contribution >= 4 is 21.6 Å². The van der Waals surface area contributed by atoms with Crippen molar-refractivity contribution in [3.63, 3.8) is 0 Å². The highest BCUT2D eigenvalue weighted by Gasteiger charge is 2.35. The van der Waals surface area contributed by atoms with Crippen LogP contribution in [0.1, 0.15) is 64.8 Å². The van der Waals surface area contributed by atoms with Gasteiger partial charge in [-0.1, -0.05) is 25.0 Å². The van der Waals surface area contributed by atoms with Crippen molar-refractivity contribution in [2.45, 2.75) is 54.4 Å². The molecule has 1 aliphatic carbocycles. The first kappa shape index (κ1) is 17.9. The highest BCUT2D eigenvalue weighted by molar-refractivity contribution is 7.91. The zero-order valence-electron chi connectivity index (χ0n) is 14.8. The zero-order chi connectivity index (χ0) is 19.0. The smallest absolute Gasteiger partial charge is 0.338 e. The average Bonchev–Trinajstić information content (AvgIpc) is 2.95. The van der Waals surface area contributed by atoms with E-state index in [0.717, 1.165) is 38.5 Å². The molecule has 0 unspecified atom stereocenters. The Balaban J connectivity index is 1.68. The van der Waals surface area contributed by atoms with Crippen molar-refractivity contribution in [1.82, 2.24) is 0 Å². The zero-order valence-corrected chi connectivity index (χ0v) is 15.6. The van der Waals surface area contributed by atoms with Gasteiger partial charge in [0.2, 0.25) is 9.84 Å². The molecule has 1 fully saturated rings. The standard InChI is InChI=1S/C21H20O5S/c22-20-16-9-5-6-10-18(16)27(24,25)19-13-14(11-12-17(19)20)21(23)26-15-7-3-1-2-4-8-15/h5-6,9-13,15H,1-4,7-8H2. The fourth-order valence-electron chi connectivity index (χ4n) is 3.79. The van der Waals surface area contributed by atoms with Gasteiger partial charge in [0.1, 0.15) is 6.10 Å². The average molecular weight is 384 g/mol. The molecular weight excluding hydrogens is 364 g/mol. The summed E-state index contributed by atoms with van der Waals surface area (Å²) < 4.78 is 31.5. The molecule has 0 spiro atoms. The first-order valence-electron chi connectivity index (χ1n) is 9.22. The largest absolute Gasteiger partial charge is 0.459 e. The number of rotatable bonds is 2. The van der Waals surface area contributed by atoms with E-state index in [9.17, 15) is 18.0 Å². The van der Waals surface area contributed by atoms with Crippen LogP contribution in [0.4, 0.5) is 0 Å². The van der Waals surface area contributed by atoms with E-state index in [1.54, 1.807) is 12.1 Å². The van der Waals surface area contributed by atoms with Crippen molar-refractivity contribution in [3.8, 4) is 0 Å². The maximum absolute atomic E-state index is 12.9. The molecule has 0 radical (unpaired) electrons. The van der Waals surface area contributed by atoms with Gasteiger partial charge >= 0.3 is 5.97 Å². The number of fused-ring (bicyclic) bond motifs is 2. The third-order valence-corrected chi connectivity index (χ3v) is 7.10. The van der Waals surface area contributed by atoms with E-state index in [-0.39, 0.29) is 38.4 Å². The Bertz CT molecular complexity index is 1010. The van der Waals surface area contributed by atoms with E-state index in [2.05, 4.69) is 0 Å². The first-order chi connectivity index (χ1) is 13.0. The lowest BCUT2D eigenvalue weighted by Crippen LogP contribution is -2.22. The second kappa shape index (κ2) is 6.93. The highest BCUT2D eigenvalue weighted by atomic mass is 32.2. The molecule has 2 aromatic carbocycles. The molecule has 27 heavy (non-hydrogen) atoms. The normalized spacial score (nSPS) is 18.9. The summed E-state index contributed by atoms with van der Waals surface area (Å²) in [5.74, 6) is -0.884. The molecule has 0 N–H and O–H groups in total. The van der Waals surface area contributed by atoms with Crippen LogP contribution in [0.25, 0.3) is 0 Å². The number of carbonyl (C=O) groups is 2. The van der Waals surface area contributed by atoms with Gasteiger partial charge in [0.05, 0.1) is 15.4 Å². The van der Waals surface area contributed by atoms with Crippen LogP contribution in [0.15, 0.2) is 52.3 Å². The van der Waals surface area contributed by atoms with E-state index < -0.39 is 15.8 Å². The van der Waals surface area contributed by atoms with Crippen LogP contribution in [-0.2, 0) is 14.6 Å². The van der Waals surface area contributed by atoms with Gasteiger partial charge in [-0.2, -0.15) is 0 Å². The van der Waals surface area contributed by atoms with E-state index >= 15 is 0 Å². The Kier molecular flexibility index (Phi) is 4.60. The quantitative estimate of drug-likeness (QED) is 0.494. The predicted molar refractivity (Wildman–Crippen MR) is 98.7 cm³/mol. The van der Waals surface area contributed by atoms with Crippen LogP contribution in [0.3, 0.4) is 0 Å². The Hall–Kier alpha value is -2.47. The number of esters is 1. The molecule has 0 atom stereocenters. The molecule has 2 aromatic rings. The summed E-state index contributed by atoms with van der Waals surface area (Å²) in [6, 6.07) is 10.3. The summed E-state index contributed by atoms with van der Waals surface area (Å²) in [6.45, 7) is 0. The maximum atomic E-state index is 12.9. The summed E-state index contributed by atoms with van der Waals surface area (Å²) in [5.41, 5.74) is 0.423. The lowest BCUT2D eigenvalue weighted by Gasteiger charge is -2.20. The van der Waals surface area contributed by atoms with Crippen LogP contribution >= 0.6 is 0 Å². The number of carbonyl (C=O) groups excluding carboxylic acids is 2. The fourth-order valence-corrected chi connectivity index (χ4v) is 5.47. The molecule has 4 rings (SSSR count). The van der Waals surface area contributed by atoms with Gasteiger partial charge in [-0.05, 0) is 56.0 Å².